The monoisotopic (exact) mass is 257 g/mol. The molecule has 1 rings (SSSR count). The van der Waals surface area contributed by atoms with Crippen LogP contribution in [0.3, 0.4) is 0 Å². The molecule has 0 saturated heterocycles. The van der Waals surface area contributed by atoms with Crippen molar-refractivity contribution in [3.05, 3.63) is 28.2 Å². The van der Waals surface area contributed by atoms with Gasteiger partial charge in [0.2, 0.25) is 0 Å². The number of hydrogen-bond acceptors (Lipinski definition) is 2. The van der Waals surface area contributed by atoms with Crippen molar-refractivity contribution in [3.8, 4) is 5.75 Å². The summed E-state index contributed by atoms with van der Waals surface area (Å²) in [5, 5.41) is 13.0. The lowest BCUT2D eigenvalue weighted by Gasteiger charge is -2.15. The fourth-order valence-corrected chi connectivity index (χ4v) is 1.72. The van der Waals surface area contributed by atoms with E-state index in [1.165, 1.54) is 0 Å². The van der Waals surface area contributed by atoms with Crippen molar-refractivity contribution in [2.24, 2.45) is 0 Å². The largest absolute Gasteiger partial charge is 0.508 e. The maximum absolute atomic E-state index is 9.64. The van der Waals surface area contributed by atoms with Crippen molar-refractivity contribution in [2.45, 2.75) is 26.3 Å². The standard InChI is InChI=1S/C11H16BrNO/c1-3-6-13-8(2)10-7-9(12)4-5-11(10)14/h4-5,7-8,13-14H,3,6H2,1-2H3. The van der Waals surface area contributed by atoms with Crippen LogP contribution < -0.4 is 5.32 Å². The zero-order valence-corrected chi connectivity index (χ0v) is 10.1. The molecule has 0 spiro atoms. The summed E-state index contributed by atoms with van der Waals surface area (Å²) in [6, 6.07) is 5.69. The van der Waals surface area contributed by atoms with Crippen molar-refractivity contribution in [1.29, 1.82) is 0 Å². The highest BCUT2D eigenvalue weighted by Crippen LogP contribution is 2.27. The Morgan fingerprint density at radius 1 is 1.50 bits per heavy atom. The summed E-state index contributed by atoms with van der Waals surface area (Å²) in [4.78, 5) is 0. The molecule has 0 fully saturated rings. The first kappa shape index (κ1) is 11.5. The van der Waals surface area contributed by atoms with Crippen LogP contribution in [0.1, 0.15) is 31.9 Å². The van der Waals surface area contributed by atoms with Gasteiger partial charge in [-0.25, -0.2) is 0 Å². The fraction of sp³-hybridized carbons (Fsp3) is 0.455. The van der Waals surface area contributed by atoms with E-state index in [-0.39, 0.29) is 6.04 Å². The number of hydrogen-bond donors (Lipinski definition) is 2. The smallest absolute Gasteiger partial charge is 0.120 e. The molecule has 0 aliphatic heterocycles. The Balaban J connectivity index is 2.77. The van der Waals surface area contributed by atoms with Crippen molar-refractivity contribution >= 4 is 15.9 Å². The van der Waals surface area contributed by atoms with Crippen LogP contribution in [-0.2, 0) is 0 Å². The summed E-state index contributed by atoms with van der Waals surface area (Å²) in [7, 11) is 0. The number of aromatic hydroxyl groups is 1. The first-order valence-electron chi connectivity index (χ1n) is 4.87. The molecule has 14 heavy (non-hydrogen) atoms. The molecule has 2 nitrogen and oxygen atoms in total. The van der Waals surface area contributed by atoms with Crippen molar-refractivity contribution in [1.82, 2.24) is 5.32 Å². The minimum atomic E-state index is 0.187. The van der Waals surface area contributed by atoms with E-state index in [2.05, 4.69) is 35.1 Å². The van der Waals surface area contributed by atoms with E-state index in [1.54, 1.807) is 6.07 Å². The van der Waals surface area contributed by atoms with Crippen molar-refractivity contribution in [2.75, 3.05) is 6.54 Å². The maximum Gasteiger partial charge on any atom is 0.120 e. The number of phenols is 1. The molecule has 1 unspecified atom stereocenters. The first-order valence-corrected chi connectivity index (χ1v) is 5.66. The highest BCUT2D eigenvalue weighted by molar-refractivity contribution is 9.10. The third-order valence-electron chi connectivity index (χ3n) is 2.16. The molecule has 0 saturated carbocycles. The van der Waals surface area contributed by atoms with Crippen LogP contribution in [0.5, 0.6) is 5.75 Å². The Hall–Kier alpha value is -0.540. The third-order valence-corrected chi connectivity index (χ3v) is 2.65. The fourth-order valence-electron chi connectivity index (χ4n) is 1.34. The predicted molar refractivity (Wildman–Crippen MR) is 62.5 cm³/mol. The summed E-state index contributed by atoms with van der Waals surface area (Å²) in [5.74, 6) is 0.351. The second-order valence-corrected chi connectivity index (χ2v) is 4.29. The molecule has 0 heterocycles. The number of halogens is 1. The minimum absolute atomic E-state index is 0.187. The van der Waals surface area contributed by atoms with E-state index in [9.17, 15) is 5.11 Å². The Kier molecular flexibility index (Phi) is 4.42. The van der Waals surface area contributed by atoms with Gasteiger partial charge in [0, 0.05) is 16.1 Å². The Bertz CT molecular complexity index is 301. The molecule has 0 aliphatic rings. The van der Waals surface area contributed by atoms with Crippen LogP contribution in [0.2, 0.25) is 0 Å². The van der Waals surface area contributed by atoms with Crippen LogP contribution in [0.4, 0.5) is 0 Å². The number of nitrogens with one attached hydrogen (secondary N) is 1. The van der Waals surface area contributed by atoms with E-state index in [0.717, 1.165) is 23.0 Å². The summed E-state index contributed by atoms with van der Waals surface area (Å²) in [6.07, 6.45) is 1.10. The average Bonchev–Trinajstić information content (AvgIpc) is 2.18. The minimum Gasteiger partial charge on any atom is -0.508 e. The highest BCUT2D eigenvalue weighted by atomic mass is 79.9. The Morgan fingerprint density at radius 2 is 2.21 bits per heavy atom. The second kappa shape index (κ2) is 5.37. The van der Waals surface area contributed by atoms with Crippen LogP contribution in [0.25, 0.3) is 0 Å². The van der Waals surface area contributed by atoms with Gasteiger partial charge in [0.05, 0.1) is 0 Å². The lowest BCUT2D eigenvalue weighted by Crippen LogP contribution is -2.19. The van der Waals surface area contributed by atoms with Crippen molar-refractivity contribution in [3.63, 3.8) is 0 Å². The van der Waals surface area contributed by atoms with Gasteiger partial charge in [-0.1, -0.05) is 22.9 Å². The molecule has 0 aliphatic carbocycles. The molecule has 0 bridgehead atoms. The molecule has 1 aromatic rings. The molecule has 1 aromatic carbocycles. The number of phenolic OH excluding ortho intramolecular Hbond substituents is 1. The van der Waals surface area contributed by atoms with Gasteiger partial charge in [0.1, 0.15) is 5.75 Å². The van der Waals surface area contributed by atoms with E-state index in [4.69, 9.17) is 0 Å². The SMILES string of the molecule is CCCNC(C)c1cc(Br)ccc1O. The topological polar surface area (TPSA) is 32.3 Å². The molecule has 78 valence electrons. The van der Waals surface area contributed by atoms with Gasteiger partial charge in [-0.3, -0.25) is 0 Å². The van der Waals surface area contributed by atoms with E-state index < -0.39 is 0 Å². The van der Waals surface area contributed by atoms with Gasteiger partial charge in [0.15, 0.2) is 0 Å². The molecular weight excluding hydrogens is 242 g/mol. The van der Waals surface area contributed by atoms with Gasteiger partial charge in [-0.2, -0.15) is 0 Å². The third kappa shape index (κ3) is 3.00. The van der Waals surface area contributed by atoms with Gasteiger partial charge < -0.3 is 10.4 Å². The second-order valence-electron chi connectivity index (χ2n) is 3.38. The normalized spacial score (nSPS) is 12.8. The zero-order chi connectivity index (χ0) is 10.6. The van der Waals surface area contributed by atoms with E-state index in [0.29, 0.717) is 5.75 Å². The average molecular weight is 258 g/mol. The van der Waals surface area contributed by atoms with E-state index in [1.807, 2.05) is 12.1 Å². The zero-order valence-electron chi connectivity index (χ0n) is 8.55. The first-order chi connectivity index (χ1) is 6.65. The van der Waals surface area contributed by atoms with Gasteiger partial charge in [0.25, 0.3) is 0 Å². The quantitative estimate of drug-likeness (QED) is 0.869. The molecule has 3 heteroatoms. The molecule has 1 atom stereocenters. The lowest BCUT2D eigenvalue weighted by molar-refractivity contribution is 0.452. The maximum atomic E-state index is 9.64. The summed E-state index contributed by atoms with van der Waals surface area (Å²) >= 11 is 3.39. The summed E-state index contributed by atoms with van der Waals surface area (Å²) in [5.41, 5.74) is 0.938. The summed E-state index contributed by atoms with van der Waals surface area (Å²) in [6.45, 7) is 5.14. The summed E-state index contributed by atoms with van der Waals surface area (Å²) < 4.78 is 0.996. The van der Waals surface area contributed by atoms with Crippen molar-refractivity contribution < 1.29 is 5.11 Å². The highest BCUT2D eigenvalue weighted by Gasteiger charge is 2.09. The Labute approximate surface area is 93.5 Å². The van der Waals surface area contributed by atoms with Gasteiger partial charge in [-0.05, 0) is 38.1 Å². The van der Waals surface area contributed by atoms with E-state index >= 15 is 0 Å². The molecule has 0 aromatic heterocycles. The van der Waals surface area contributed by atoms with Gasteiger partial charge >= 0.3 is 0 Å². The Morgan fingerprint density at radius 3 is 2.86 bits per heavy atom. The van der Waals surface area contributed by atoms with Crippen LogP contribution in [0, 0.1) is 0 Å². The molecular formula is C11H16BrNO. The molecule has 0 amide bonds. The predicted octanol–water partition coefficient (Wildman–Crippen LogP) is 3.22. The van der Waals surface area contributed by atoms with Crippen LogP contribution in [-0.4, -0.2) is 11.7 Å². The van der Waals surface area contributed by atoms with Gasteiger partial charge in [-0.15, -0.1) is 0 Å². The van der Waals surface area contributed by atoms with Crippen LogP contribution >= 0.6 is 15.9 Å². The number of rotatable bonds is 4. The molecule has 2 N–H and O–H groups in total. The van der Waals surface area contributed by atoms with Crippen LogP contribution in [0.15, 0.2) is 22.7 Å². The number of benzene rings is 1. The molecule has 0 radical (unpaired) electrons. The lowest BCUT2D eigenvalue weighted by atomic mass is 10.1.